The standard InChI is InChI=1S/C26H39N5O5S3/c1-5-20(2)37-38-21(18-31(19-32)16-13-27)12-17-36-26(33)28-14-15-29-39(34,35)25-11-7-8-22-23(25)9-6-10-24(22)30(3)4/h6-11,18-20,29H,5,12-17,27H2,1-4H3,(H,28,33). The Morgan fingerprint density at radius 1 is 1.15 bits per heavy atom. The van der Waals surface area contributed by atoms with Crippen molar-refractivity contribution in [1.29, 1.82) is 0 Å². The molecule has 1 unspecified atom stereocenters. The Kier molecular flexibility index (Phi) is 14.0. The highest BCUT2D eigenvalue weighted by molar-refractivity contribution is 8.78. The van der Waals surface area contributed by atoms with Gasteiger partial charge in [-0.25, -0.2) is 17.9 Å². The second-order valence-electron chi connectivity index (χ2n) is 8.86. The molecule has 0 saturated heterocycles. The van der Waals surface area contributed by atoms with Crippen LogP contribution in [0.2, 0.25) is 0 Å². The van der Waals surface area contributed by atoms with Gasteiger partial charge in [-0.1, -0.05) is 59.7 Å². The van der Waals surface area contributed by atoms with Crippen molar-refractivity contribution in [3.63, 3.8) is 0 Å². The van der Waals surface area contributed by atoms with Crippen LogP contribution in [0, 0.1) is 0 Å². The van der Waals surface area contributed by atoms with Gasteiger partial charge in [-0.2, -0.15) is 0 Å². The number of carbonyl (C=O) groups excluding carboxylic acids is 2. The lowest BCUT2D eigenvalue weighted by Gasteiger charge is -2.17. The lowest BCUT2D eigenvalue weighted by atomic mass is 10.1. The quantitative estimate of drug-likeness (QED) is 0.142. The zero-order chi connectivity index (χ0) is 28.8. The molecule has 1 atom stereocenters. The predicted molar refractivity (Wildman–Crippen MR) is 162 cm³/mol. The zero-order valence-corrected chi connectivity index (χ0v) is 25.3. The van der Waals surface area contributed by atoms with Crippen LogP contribution in [0.4, 0.5) is 10.5 Å². The van der Waals surface area contributed by atoms with E-state index in [-0.39, 0.29) is 24.6 Å². The second-order valence-corrected chi connectivity index (χ2v) is 13.4. The molecule has 2 amide bonds. The van der Waals surface area contributed by atoms with Crippen LogP contribution in [0.25, 0.3) is 10.8 Å². The molecule has 0 aliphatic carbocycles. The number of carbonyl (C=O) groups is 2. The molecule has 0 heterocycles. The molecule has 2 rings (SSSR count). The summed E-state index contributed by atoms with van der Waals surface area (Å²) in [6.07, 6.45) is 3.23. The Morgan fingerprint density at radius 2 is 1.87 bits per heavy atom. The topological polar surface area (TPSA) is 134 Å². The average Bonchev–Trinajstić information content (AvgIpc) is 2.92. The molecule has 0 aliphatic heterocycles. The van der Waals surface area contributed by atoms with E-state index < -0.39 is 16.1 Å². The zero-order valence-electron chi connectivity index (χ0n) is 22.9. The van der Waals surface area contributed by atoms with Gasteiger partial charge in [0.2, 0.25) is 16.4 Å². The molecule has 0 aliphatic rings. The summed E-state index contributed by atoms with van der Waals surface area (Å²) in [7, 11) is 3.24. The highest BCUT2D eigenvalue weighted by atomic mass is 33.1. The van der Waals surface area contributed by atoms with Gasteiger partial charge in [-0.3, -0.25) is 4.79 Å². The van der Waals surface area contributed by atoms with Crippen molar-refractivity contribution in [3.8, 4) is 0 Å². The number of hydrogen-bond donors (Lipinski definition) is 3. The summed E-state index contributed by atoms with van der Waals surface area (Å²) < 4.78 is 33.8. The molecule has 13 heteroatoms. The molecule has 4 N–H and O–H groups in total. The van der Waals surface area contributed by atoms with Gasteiger partial charge in [-0.15, -0.1) is 0 Å². The molecule has 0 saturated carbocycles. The number of nitrogens with zero attached hydrogens (tertiary/aromatic N) is 2. The third-order valence-corrected chi connectivity index (χ3v) is 10.3. The van der Waals surface area contributed by atoms with Crippen LogP contribution in [-0.2, 0) is 19.6 Å². The lowest BCUT2D eigenvalue weighted by Crippen LogP contribution is -2.35. The fourth-order valence-corrected chi connectivity index (χ4v) is 7.10. The number of alkyl carbamates (subject to hydrolysis) is 1. The van der Waals surface area contributed by atoms with Crippen LogP contribution < -0.4 is 20.7 Å². The number of anilines is 1. The molecular weight excluding hydrogens is 559 g/mol. The first-order valence-electron chi connectivity index (χ1n) is 12.7. The van der Waals surface area contributed by atoms with E-state index in [9.17, 15) is 18.0 Å². The first-order chi connectivity index (χ1) is 18.6. The maximum atomic E-state index is 13.0. The van der Waals surface area contributed by atoms with E-state index in [1.54, 1.807) is 46.0 Å². The SMILES string of the molecule is CCC(C)SSC(=CN(C=O)CCN)CCOC(=O)NCCNS(=O)(=O)c1cccc2c(N(C)C)cccc12. The summed E-state index contributed by atoms with van der Waals surface area (Å²) >= 11 is 0. The Bertz CT molecular complexity index is 1220. The van der Waals surface area contributed by atoms with Gasteiger partial charge in [0.25, 0.3) is 0 Å². The minimum Gasteiger partial charge on any atom is -0.449 e. The minimum atomic E-state index is -3.81. The average molecular weight is 598 g/mol. The largest absolute Gasteiger partial charge is 0.449 e. The first-order valence-corrected chi connectivity index (χ1v) is 16.4. The Balaban J connectivity index is 1.88. The van der Waals surface area contributed by atoms with Gasteiger partial charge in [0.1, 0.15) is 0 Å². The lowest BCUT2D eigenvalue weighted by molar-refractivity contribution is -0.115. The highest BCUT2D eigenvalue weighted by Gasteiger charge is 2.18. The minimum absolute atomic E-state index is 0.00112. The van der Waals surface area contributed by atoms with E-state index in [0.29, 0.717) is 30.1 Å². The van der Waals surface area contributed by atoms with E-state index in [4.69, 9.17) is 10.5 Å². The van der Waals surface area contributed by atoms with E-state index in [1.165, 1.54) is 4.90 Å². The first kappa shape index (κ1) is 32.8. The molecule has 0 bridgehead atoms. The molecule has 0 aromatic heterocycles. The summed E-state index contributed by atoms with van der Waals surface area (Å²) in [6, 6.07) is 10.7. The van der Waals surface area contributed by atoms with Gasteiger partial charge in [0.05, 0.1) is 11.5 Å². The van der Waals surface area contributed by atoms with Gasteiger partial charge in [0.15, 0.2) is 0 Å². The van der Waals surface area contributed by atoms with E-state index in [2.05, 4.69) is 23.9 Å². The number of nitrogens with one attached hydrogen (secondary N) is 2. The number of hydrogen-bond acceptors (Lipinski definition) is 9. The molecule has 2 aromatic rings. The number of nitrogens with two attached hydrogens (primary N) is 1. The molecule has 0 fully saturated rings. The summed E-state index contributed by atoms with van der Waals surface area (Å²) in [5, 5.41) is 4.44. The Labute approximate surface area is 239 Å². The predicted octanol–water partition coefficient (Wildman–Crippen LogP) is 3.74. The third-order valence-electron chi connectivity index (χ3n) is 5.63. The molecule has 216 valence electrons. The van der Waals surface area contributed by atoms with Crippen LogP contribution in [0.15, 0.2) is 52.4 Å². The molecule has 0 radical (unpaired) electrons. The van der Waals surface area contributed by atoms with Crippen molar-refractivity contribution in [3.05, 3.63) is 47.5 Å². The van der Waals surface area contributed by atoms with E-state index in [0.717, 1.165) is 28.8 Å². The van der Waals surface area contributed by atoms with Gasteiger partial charge in [-0.05, 0) is 18.6 Å². The summed E-state index contributed by atoms with van der Waals surface area (Å²) in [6.45, 7) is 5.12. The normalized spacial score (nSPS) is 12.7. The van der Waals surface area contributed by atoms with Crippen LogP contribution in [0.3, 0.4) is 0 Å². The van der Waals surface area contributed by atoms with Crippen LogP contribution in [-0.4, -0.2) is 78.0 Å². The second kappa shape index (κ2) is 16.6. The van der Waals surface area contributed by atoms with Crippen LogP contribution in [0.1, 0.15) is 26.7 Å². The fraction of sp³-hybridized carbons (Fsp3) is 0.462. The number of amides is 2. The van der Waals surface area contributed by atoms with Crippen LogP contribution in [0.5, 0.6) is 0 Å². The number of rotatable bonds is 17. The molecule has 39 heavy (non-hydrogen) atoms. The monoisotopic (exact) mass is 597 g/mol. The van der Waals surface area contributed by atoms with Crippen molar-refractivity contribution in [2.45, 2.75) is 36.8 Å². The maximum Gasteiger partial charge on any atom is 0.407 e. The van der Waals surface area contributed by atoms with Crippen LogP contribution >= 0.6 is 21.6 Å². The third kappa shape index (κ3) is 10.6. The highest BCUT2D eigenvalue weighted by Crippen LogP contribution is 2.36. The molecule has 0 spiro atoms. The maximum absolute atomic E-state index is 13.0. The van der Waals surface area contributed by atoms with Crippen molar-refractivity contribution in [2.24, 2.45) is 5.73 Å². The van der Waals surface area contributed by atoms with Gasteiger partial charge >= 0.3 is 6.09 Å². The molecule has 10 nitrogen and oxygen atoms in total. The Morgan fingerprint density at radius 3 is 2.54 bits per heavy atom. The number of benzene rings is 2. The molecule has 2 aromatic carbocycles. The van der Waals surface area contributed by atoms with Gasteiger partial charge in [0, 0.05) is 79.5 Å². The number of sulfonamides is 1. The van der Waals surface area contributed by atoms with Crippen molar-refractivity contribution < 1.29 is 22.7 Å². The molecular formula is C26H39N5O5S3. The van der Waals surface area contributed by atoms with E-state index >= 15 is 0 Å². The Hall–Kier alpha value is -2.45. The van der Waals surface area contributed by atoms with Crippen molar-refractivity contribution in [1.82, 2.24) is 14.9 Å². The smallest absolute Gasteiger partial charge is 0.407 e. The van der Waals surface area contributed by atoms with Crippen molar-refractivity contribution >= 4 is 60.6 Å². The number of fused-ring (bicyclic) bond motifs is 1. The number of ether oxygens (including phenoxy) is 1. The van der Waals surface area contributed by atoms with E-state index in [1.807, 2.05) is 37.2 Å². The van der Waals surface area contributed by atoms with Crippen molar-refractivity contribution in [2.75, 3.05) is 51.8 Å². The van der Waals surface area contributed by atoms with Gasteiger partial charge < -0.3 is 25.6 Å². The summed E-state index contributed by atoms with van der Waals surface area (Å²) in [5.41, 5.74) is 6.48. The summed E-state index contributed by atoms with van der Waals surface area (Å²) in [5.74, 6) is 0. The summed E-state index contributed by atoms with van der Waals surface area (Å²) in [4.78, 5) is 27.9. The fourth-order valence-electron chi connectivity index (χ4n) is 3.43.